The van der Waals surface area contributed by atoms with E-state index in [1.165, 1.54) is 29.3 Å². The van der Waals surface area contributed by atoms with Crippen LogP contribution in [0.2, 0.25) is 0 Å². The van der Waals surface area contributed by atoms with Crippen LogP contribution < -0.4 is 16.4 Å². The van der Waals surface area contributed by atoms with Crippen molar-refractivity contribution in [1.82, 2.24) is 15.2 Å². The van der Waals surface area contributed by atoms with E-state index in [4.69, 9.17) is 10.5 Å². The highest BCUT2D eigenvalue weighted by Crippen LogP contribution is 2.30. The van der Waals surface area contributed by atoms with Crippen molar-refractivity contribution in [2.45, 2.75) is 105 Å². The Bertz CT molecular complexity index is 1160. The molecule has 0 unspecified atom stereocenters. The van der Waals surface area contributed by atoms with Gasteiger partial charge in [0.15, 0.2) is 0 Å². The average molecular weight is 599 g/mol. The van der Waals surface area contributed by atoms with E-state index in [1.54, 1.807) is 7.11 Å². The zero-order valence-electron chi connectivity index (χ0n) is 27.6. The van der Waals surface area contributed by atoms with Crippen LogP contribution in [0.15, 0.2) is 30.5 Å². The van der Waals surface area contributed by atoms with E-state index < -0.39 is 18.2 Å². The minimum atomic E-state index is -0.871. The second-order valence-corrected chi connectivity index (χ2v) is 13.9. The topological polar surface area (TPSA) is 119 Å². The molecule has 2 aromatic rings. The van der Waals surface area contributed by atoms with Gasteiger partial charge >= 0.3 is 0 Å². The van der Waals surface area contributed by atoms with Gasteiger partial charge in [-0.3, -0.25) is 9.59 Å². The molecular weight excluding hydrogens is 540 g/mol. The van der Waals surface area contributed by atoms with Crippen molar-refractivity contribution < 1.29 is 19.4 Å². The molecule has 0 radical (unpaired) electrons. The van der Waals surface area contributed by atoms with Gasteiger partial charge in [-0.05, 0) is 91.2 Å². The van der Waals surface area contributed by atoms with Gasteiger partial charge in [0, 0.05) is 44.4 Å². The fourth-order valence-corrected chi connectivity index (χ4v) is 5.85. The van der Waals surface area contributed by atoms with Crippen LogP contribution in [-0.4, -0.2) is 59.9 Å². The molecule has 0 bridgehead atoms. The van der Waals surface area contributed by atoms with Crippen molar-refractivity contribution in [2.75, 3.05) is 20.3 Å². The Labute approximate surface area is 259 Å². The molecule has 0 saturated heterocycles. The summed E-state index contributed by atoms with van der Waals surface area (Å²) in [6, 6.07) is 7.62. The molecule has 242 valence electrons. The summed E-state index contributed by atoms with van der Waals surface area (Å²) in [6.07, 6.45) is 6.26. The quantitative estimate of drug-likeness (QED) is 0.172. The Morgan fingerprint density at radius 3 is 2.35 bits per heavy atom. The van der Waals surface area contributed by atoms with Crippen LogP contribution in [0.4, 0.5) is 0 Å². The predicted molar refractivity (Wildman–Crippen MR) is 175 cm³/mol. The highest BCUT2D eigenvalue weighted by atomic mass is 16.5. The first-order chi connectivity index (χ1) is 20.4. The number of carbonyl (C=O) groups is 2. The predicted octanol–water partition coefficient (Wildman–Crippen LogP) is 4.90. The summed E-state index contributed by atoms with van der Waals surface area (Å²) in [5, 5.41) is 19.1. The third kappa shape index (κ3) is 10.6. The van der Waals surface area contributed by atoms with Gasteiger partial charge in [-0.2, -0.15) is 0 Å². The molecular formula is C35H58N4O4. The molecule has 2 amide bonds. The van der Waals surface area contributed by atoms with E-state index in [-0.39, 0.29) is 35.5 Å². The third-order valence-corrected chi connectivity index (χ3v) is 9.30. The number of carbonyl (C=O) groups excluding carboxylic acids is 2. The van der Waals surface area contributed by atoms with Crippen LogP contribution in [0.1, 0.15) is 79.2 Å². The first kappa shape index (κ1) is 35.1. The molecule has 1 aromatic heterocycles. The third-order valence-electron chi connectivity index (χ3n) is 9.30. The molecule has 1 aliphatic rings. The molecule has 1 saturated carbocycles. The number of methoxy groups -OCH3 is 1. The summed E-state index contributed by atoms with van der Waals surface area (Å²) in [5.74, 6) is 0.549. The lowest BCUT2D eigenvalue weighted by molar-refractivity contribution is -0.128. The zero-order valence-corrected chi connectivity index (χ0v) is 27.6. The fraction of sp³-hybridized carbons (Fsp3) is 0.714. The minimum Gasteiger partial charge on any atom is -0.391 e. The van der Waals surface area contributed by atoms with Crippen LogP contribution >= 0.6 is 0 Å². The molecule has 3 rings (SSSR count). The van der Waals surface area contributed by atoms with Crippen molar-refractivity contribution in [1.29, 1.82) is 0 Å². The number of aliphatic hydroxyl groups is 1. The second kappa shape index (κ2) is 16.6. The molecule has 0 aliphatic heterocycles. The first-order valence-electron chi connectivity index (χ1n) is 16.5. The van der Waals surface area contributed by atoms with E-state index in [0.717, 1.165) is 26.0 Å². The molecule has 0 spiro atoms. The largest absolute Gasteiger partial charge is 0.391 e. The lowest BCUT2D eigenvalue weighted by Crippen LogP contribution is -2.53. The molecule has 1 aromatic carbocycles. The molecule has 5 atom stereocenters. The Balaban J connectivity index is 1.80. The number of hydrogen-bond donors (Lipinski definition) is 4. The standard InChI is InChI=1S/C35H58N4O4/c1-22(2)28(17-26-11-12-27-13-15-39(31(27)18-26)14-8-16-43-7)19-30(38-35(42)33(36)24(5)6)32(40)20-29(23(3)4)34(41)37-21-25-9-10-25/h11-13,15,18,22-25,28-30,32-33,40H,8-10,14,16-17,19-21,36H2,1-7H3,(H,37,41)(H,38,42)/t28-,29-,30-,32-,33-/m0/s1. The van der Waals surface area contributed by atoms with Gasteiger partial charge < -0.3 is 30.8 Å². The number of nitrogens with zero attached hydrogens (tertiary/aromatic N) is 1. The highest BCUT2D eigenvalue weighted by molar-refractivity contribution is 5.82. The molecule has 5 N–H and O–H groups in total. The molecule has 43 heavy (non-hydrogen) atoms. The van der Waals surface area contributed by atoms with Gasteiger partial charge in [-0.1, -0.05) is 53.7 Å². The summed E-state index contributed by atoms with van der Waals surface area (Å²) in [6.45, 7) is 14.6. The molecule has 1 aliphatic carbocycles. The van der Waals surface area contributed by atoms with Gasteiger partial charge in [0.25, 0.3) is 0 Å². The van der Waals surface area contributed by atoms with E-state index in [1.807, 2.05) is 27.7 Å². The van der Waals surface area contributed by atoms with Crippen LogP contribution in [-0.2, 0) is 27.3 Å². The summed E-state index contributed by atoms with van der Waals surface area (Å²) in [4.78, 5) is 26.3. The maximum atomic E-state index is 13.2. The van der Waals surface area contributed by atoms with Gasteiger partial charge in [-0.15, -0.1) is 0 Å². The van der Waals surface area contributed by atoms with Crippen LogP contribution in [0.5, 0.6) is 0 Å². The maximum Gasteiger partial charge on any atom is 0.237 e. The average Bonchev–Trinajstić information content (AvgIpc) is 3.71. The monoisotopic (exact) mass is 598 g/mol. The Kier molecular flexibility index (Phi) is 13.5. The Morgan fingerprint density at radius 2 is 1.74 bits per heavy atom. The number of benzene rings is 1. The smallest absolute Gasteiger partial charge is 0.237 e. The van der Waals surface area contributed by atoms with Crippen molar-refractivity contribution in [3.8, 4) is 0 Å². The minimum absolute atomic E-state index is 0.00729. The lowest BCUT2D eigenvalue weighted by Gasteiger charge is -2.33. The van der Waals surface area contributed by atoms with Crippen molar-refractivity contribution in [2.24, 2.45) is 41.2 Å². The van der Waals surface area contributed by atoms with Crippen LogP contribution in [0.3, 0.4) is 0 Å². The fourth-order valence-electron chi connectivity index (χ4n) is 5.85. The molecule has 8 nitrogen and oxygen atoms in total. The number of nitrogens with two attached hydrogens (primary N) is 1. The van der Waals surface area contributed by atoms with Crippen LogP contribution in [0.25, 0.3) is 10.9 Å². The SMILES string of the molecule is COCCCn1ccc2ccc(C[C@@H](C[C@H](NC(=O)[C@@H](N)C(C)C)[C@@H](O)C[C@H](C(=O)NCC3CC3)C(C)C)C(C)C)cc21. The number of nitrogens with one attached hydrogen (secondary N) is 2. The number of fused-ring (bicyclic) bond motifs is 1. The normalized spacial score (nSPS) is 17.3. The van der Waals surface area contributed by atoms with Crippen molar-refractivity contribution in [3.05, 3.63) is 36.0 Å². The number of amides is 2. The van der Waals surface area contributed by atoms with Crippen molar-refractivity contribution in [3.63, 3.8) is 0 Å². The summed E-state index contributed by atoms with van der Waals surface area (Å²) in [7, 11) is 1.73. The van der Waals surface area contributed by atoms with E-state index in [9.17, 15) is 14.7 Å². The summed E-state index contributed by atoms with van der Waals surface area (Å²) < 4.78 is 7.53. The maximum absolute atomic E-state index is 13.2. The number of hydrogen-bond acceptors (Lipinski definition) is 5. The van der Waals surface area contributed by atoms with E-state index >= 15 is 0 Å². The van der Waals surface area contributed by atoms with Gasteiger partial charge in [0.2, 0.25) is 11.8 Å². The van der Waals surface area contributed by atoms with Gasteiger partial charge in [0.1, 0.15) is 0 Å². The summed E-state index contributed by atoms with van der Waals surface area (Å²) in [5.41, 5.74) is 8.67. The number of ether oxygens (including phenoxy) is 1. The first-order valence-corrected chi connectivity index (χ1v) is 16.5. The number of aromatic nitrogens is 1. The Hall–Kier alpha value is -2.42. The molecule has 1 fully saturated rings. The second-order valence-electron chi connectivity index (χ2n) is 13.9. The molecule has 1 heterocycles. The van der Waals surface area contributed by atoms with Crippen molar-refractivity contribution >= 4 is 22.7 Å². The van der Waals surface area contributed by atoms with Gasteiger partial charge in [-0.25, -0.2) is 0 Å². The highest BCUT2D eigenvalue weighted by Gasteiger charge is 2.34. The van der Waals surface area contributed by atoms with Gasteiger partial charge in [0.05, 0.1) is 18.2 Å². The Morgan fingerprint density at radius 1 is 1.02 bits per heavy atom. The number of rotatable bonds is 19. The summed E-state index contributed by atoms with van der Waals surface area (Å²) >= 11 is 0. The molecule has 8 heteroatoms. The number of aryl methyl sites for hydroxylation is 1. The van der Waals surface area contributed by atoms with E-state index in [0.29, 0.717) is 31.2 Å². The van der Waals surface area contributed by atoms with Crippen LogP contribution in [0, 0.1) is 35.5 Å². The number of aliphatic hydroxyl groups excluding tert-OH is 1. The zero-order chi connectivity index (χ0) is 31.7. The van der Waals surface area contributed by atoms with E-state index in [2.05, 4.69) is 59.5 Å². The lowest BCUT2D eigenvalue weighted by atomic mass is 9.80.